The van der Waals surface area contributed by atoms with E-state index in [1.807, 2.05) is 42.5 Å². The quantitative estimate of drug-likeness (QED) is 0.171. The zero-order valence-corrected chi connectivity index (χ0v) is 30.8. The molecule has 1 aliphatic rings. The van der Waals surface area contributed by atoms with E-state index in [0.717, 1.165) is 77.9 Å². The smallest absolute Gasteiger partial charge is 0.164 e. The minimum absolute atomic E-state index is 0.606. The van der Waals surface area contributed by atoms with E-state index in [9.17, 15) is 0 Å². The second-order valence-corrected chi connectivity index (χ2v) is 14.4. The van der Waals surface area contributed by atoms with Crippen LogP contribution >= 0.6 is 0 Å². The lowest BCUT2D eigenvalue weighted by Crippen LogP contribution is -2.01. The molecule has 0 saturated carbocycles. The minimum atomic E-state index is 0.606. The fourth-order valence-electron chi connectivity index (χ4n) is 8.00. The van der Waals surface area contributed by atoms with Gasteiger partial charge in [-0.05, 0) is 97.6 Å². The van der Waals surface area contributed by atoms with Gasteiger partial charge in [0.25, 0.3) is 0 Å². The maximum absolute atomic E-state index is 6.48. The highest BCUT2D eigenvalue weighted by Crippen LogP contribution is 2.48. The zero-order valence-electron chi connectivity index (χ0n) is 30.8. The summed E-state index contributed by atoms with van der Waals surface area (Å²) in [5, 5.41) is 4.69. The molecule has 4 heteroatoms. The van der Waals surface area contributed by atoms with Crippen LogP contribution in [0.3, 0.4) is 0 Å². The average molecular weight is 728 g/mol. The van der Waals surface area contributed by atoms with Crippen LogP contribution in [0, 0.1) is 0 Å². The van der Waals surface area contributed by atoms with Crippen LogP contribution in [0.25, 0.3) is 100 Å². The first-order valence-corrected chi connectivity index (χ1v) is 19.2. The first-order chi connectivity index (χ1) is 28.2. The van der Waals surface area contributed by atoms with Crippen LogP contribution in [0.2, 0.25) is 0 Å². The second-order valence-electron chi connectivity index (χ2n) is 14.4. The number of ether oxygens (including phenoxy) is 1. The maximum atomic E-state index is 6.48. The number of benzene rings is 9. The van der Waals surface area contributed by atoms with Gasteiger partial charge in [-0.25, -0.2) is 15.0 Å². The van der Waals surface area contributed by atoms with Gasteiger partial charge in [0.1, 0.15) is 11.5 Å². The number of rotatable bonds is 6. The minimum Gasteiger partial charge on any atom is -0.456 e. The van der Waals surface area contributed by atoms with Crippen molar-refractivity contribution in [1.29, 1.82) is 0 Å². The highest BCUT2D eigenvalue weighted by molar-refractivity contribution is 6.04. The Balaban J connectivity index is 1.10. The molecule has 57 heavy (non-hydrogen) atoms. The van der Waals surface area contributed by atoms with Crippen LogP contribution < -0.4 is 4.74 Å². The monoisotopic (exact) mass is 727 g/mol. The molecule has 9 aromatic carbocycles. The average Bonchev–Trinajstić information content (AvgIpc) is 3.29. The summed E-state index contributed by atoms with van der Waals surface area (Å²) in [5.41, 5.74) is 11.6. The molecule has 0 unspecified atom stereocenters. The molecular formula is C53H33N3O. The Morgan fingerprint density at radius 1 is 0.263 bits per heavy atom. The van der Waals surface area contributed by atoms with Crippen molar-refractivity contribution < 1.29 is 4.74 Å². The lowest BCUT2D eigenvalue weighted by molar-refractivity contribution is 0.487. The van der Waals surface area contributed by atoms with Crippen molar-refractivity contribution in [2.75, 3.05) is 0 Å². The number of nitrogens with zero attached hydrogens (tertiary/aromatic N) is 3. The molecule has 10 aromatic rings. The Kier molecular flexibility index (Phi) is 7.78. The Hall–Kier alpha value is -7.69. The SMILES string of the molecule is c1ccc(-c2ccc(-c3nc(-c4ccccc4)nc(-c4cc(-c5ccc6c(c5)-c5cccc7cccc(c57)O6)cc(-c5ccc6ccccc6c5)c4)n3)cc2)cc1. The Bertz CT molecular complexity index is 3130. The van der Waals surface area contributed by atoms with Gasteiger partial charge in [0, 0.05) is 27.6 Å². The molecular weight excluding hydrogens is 695 g/mol. The van der Waals surface area contributed by atoms with Crippen molar-refractivity contribution in [3.8, 4) is 90.2 Å². The van der Waals surface area contributed by atoms with E-state index in [1.54, 1.807) is 0 Å². The van der Waals surface area contributed by atoms with Gasteiger partial charge in [0.15, 0.2) is 17.5 Å². The standard InChI is InChI=1S/C53H33N3O/c1-3-11-34(12-4-1)36-21-24-39(25-22-36)52-54-51(38-14-5-2-6-15-38)55-53(56-52)45-31-43(41-26-23-35-13-7-8-16-40(35)29-41)30-44(32-45)42-27-28-48-47(33-42)46-19-9-17-37-18-10-20-49(57-48)50(37)46/h1-33H. The molecule has 0 N–H and O–H groups in total. The Morgan fingerprint density at radius 3 is 1.51 bits per heavy atom. The van der Waals surface area contributed by atoms with Crippen LogP contribution in [-0.4, -0.2) is 15.0 Å². The molecule has 0 fully saturated rings. The summed E-state index contributed by atoms with van der Waals surface area (Å²) in [6.07, 6.45) is 0. The maximum Gasteiger partial charge on any atom is 0.164 e. The summed E-state index contributed by atoms with van der Waals surface area (Å²) >= 11 is 0. The van der Waals surface area contributed by atoms with E-state index < -0.39 is 0 Å². The molecule has 1 aliphatic heterocycles. The summed E-state index contributed by atoms with van der Waals surface area (Å²) in [6.45, 7) is 0. The molecule has 266 valence electrons. The van der Waals surface area contributed by atoms with Crippen molar-refractivity contribution in [3.63, 3.8) is 0 Å². The lowest BCUT2D eigenvalue weighted by Gasteiger charge is -2.22. The normalized spacial score (nSPS) is 11.6. The summed E-state index contributed by atoms with van der Waals surface area (Å²) in [4.78, 5) is 15.4. The van der Waals surface area contributed by atoms with Gasteiger partial charge in [0.2, 0.25) is 0 Å². The summed E-state index contributed by atoms with van der Waals surface area (Å²) in [6, 6.07) is 70.0. The molecule has 0 bridgehead atoms. The molecule has 0 aliphatic carbocycles. The van der Waals surface area contributed by atoms with Crippen molar-refractivity contribution in [2.45, 2.75) is 0 Å². The highest BCUT2D eigenvalue weighted by Gasteiger charge is 2.21. The Morgan fingerprint density at radius 2 is 0.772 bits per heavy atom. The molecule has 2 heterocycles. The highest BCUT2D eigenvalue weighted by atomic mass is 16.5. The van der Waals surface area contributed by atoms with Gasteiger partial charge in [-0.1, -0.05) is 158 Å². The summed E-state index contributed by atoms with van der Waals surface area (Å²) < 4.78 is 6.48. The van der Waals surface area contributed by atoms with Gasteiger partial charge < -0.3 is 4.74 Å². The molecule has 11 rings (SSSR count). The first-order valence-electron chi connectivity index (χ1n) is 19.2. The predicted octanol–water partition coefficient (Wildman–Crippen LogP) is 14.0. The fraction of sp³-hybridized carbons (Fsp3) is 0. The fourth-order valence-corrected chi connectivity index (χ4v) is 8.00. The van der Waals surface area contributed by atoms with Crippen LogP contribution in [0.15, 0.2) is 200 Å². The van der Waals surface area contributed by atoms with E-state index in [4.69, 9.17) is 19.7 Å². The second kappa shape index (κ2) is 13.6. The van der Waals surface area contributed by atoms with Crippen LogP contribution in [0.4, 0.5) is 0 Å². The van der Waals surface area contributed by atoms with Gasteiger partial charge in [-0.3, -0.25) is 0 Å². The van der Waals surface area contributed by atoms with Crippen molar-refractivity contribution >= 4 is 21.5 Å². The number of aromatic nitrogens is 3. The van der Waals surface area contributed by atoms with Gasteiger partial charge in [-0.15, -0.1) is 0 Å². The third kappa shape index (κ3) is 6.01. The van der Waals surface area contributed by atoms with Gasteiger partial charge in [0.05, 0.1) is 0 Å². The molecule has 1 aromatic heterocycles. The van der Waals surface area contributed by atoms with Crippen molar-refractivity contribution in [3.05, 3.63) is 200 Å². The predicted molar refractivity (Wildman–Crippen MR) is 233 cm³/mol. The summed E-state index contributed by atoms with van der Waals surface area (Å²) in [7, 11) is 0. The number of fused-ring (bicyclic) bond motifs is 3. The lowest BCUT2D eigenvalue weighted by atomic mass is 9.90. The van der Waals surface area contributed by atoms with Crippen LogP contribution in [0.1, 0.15) is 0 Å². The Labute approximate surface area is 330 Å². The van der Waals surface area contributed by atoms with Gasteiger partial charge >= 0.3 is 0 Å². The molecule has 0 amide bonds. The molecule has 4 nitrogen and oxygen atoms in total. The van der Waals surface area contributed by atoms with E-state index in [-0.39, 0.29) is 0 Å². The van der Waals surface area contributed by atoms with Crippen LogP contribution in [-0.2, 0) is 0 Å². The third-order valence-corrected chi connectivity index (χ3v) is 10.9. The van der Waals surface area contributed by atoms with E-state index in [0.29, 0.717) is 17.5 Å². The number of hydrogen-bond acceptors (Lipinski definition) is 4. The number of hydrogen-bond donors (Lipinski definition) is 0. The van der Waals surface area contributed by atoms with Gasteiger partial charge in [-0.2, -0.15) is 0 Å². The van der Waals surface area contributed by atoms with E-state index >= 15 is 0 Å². The topological polar surface area (TPSA) is 47.9 Å². The molecule has 0 spiro atoms. The van der Waals surface area contributed by atoms with E-state index in [1.165, 1.54) is 16.3 Å². The first kappa shape index (κ1) is 32.7. The molecule has 0 saturated heterocycles. The largest absolute Gasteiger partial charge is 0.456 e. The molecule has 0 atom stereocenters. The van der Waals surface area contributed by atoms with Crippen LogP contribution in [0.5, 0.6) is 11.5 Å². The molecule has 0 radical (unpaired) electrons. The van der Waals surface area contributed by atoms with Crippen molar-refractivity contribution in [1.82, 2.24) is 15.0 Å². The zero-order chi connectivity index (χ0) is 37.7. The third-order valence-electron chi connectivity index (χ3n) is 10.9. The van der Waals surface area contributed by atoms with Crippen molar-refractivity contribution in [2.24, 2.45) is 0 Å². The summed E-state index contributed by atoms with van der Waals surface area (Å²) in [5.74, 6) is 3.59. The van der Waals surface area contributed by atoms with E-state index in [2.05, 4.69) is 158 Å².